The molecule has 34 heavy (non-hydrogen) atoms. The summed E-state index contributed by atoms with van der Waals surface area (Å²) in [5.41, 5.74) is 3.45. The fourth-order valence-corrected chi connectivity index (χ4v) is 5.30. The lowest BCUT2D eigenvalue weighted by Crippen LogP contribution is -2.50. The van der Waals surface area contributed by atoms with E-state index in [0.29, 0.717) is 36.6 Å². The fraction of sp³-hybridized carbons (Fsp3) is 0.481. The third-order valence-electron chi connectivity index (χ3n) is 7.15. The predicted molar refractivity (Wildman–Crippen MR) is 132 cm³/mol. The number of amides is 2. The van der Waals surface area contributed by atoms with Crippen molar-refractivity contribution in [3.8, 4) is 11.5 Å². The molecule has 182 valence electrons. The normalized spacial score (nSPS) is 18.7. The van der Waals surface area contributed by atoms with Crippen LogP contribution in [0.5, 0.6) is 11.5 Å². The van der Waals surface area contributed by atoms with Gasteiger partial charge < -0.3 is 24.6 Å². The second-order valence-corrected chi connectivity index (χ2v) is 8.84. The molecule has 0 saturated heterocycles. The maximum atomic E-state index is 13.7. The first-order chi connectivity index (χ1) is 16.5. The van der Waals surface area contributed by atoms with Gasteiger partial charge in [-0.25, -0.2) is 0 Å². The number of benzene rings is 2. The topological polar surface area (TPSA) is 71.1 Å². The molecule has 2 aromatic rings. The Morgan fingerprint density at radius 2 is 1.79 bits per heavy atom. The van der Waals surface area contributed by atoms with Crippen LogP contribution in [0.1, 0.15) is 59.3 Å². The van der Waals surface area contributed by atoms with E-state index < -0.39 is 5.92 Å². The van der Waals surface area contributed by atoms with Crippen molar-refractivity contribution in [1.82, 2.24) is 15.1 Å². The molecule has 2 aliphatic rings. The average Bonchev–Trinajstić information content (AvgIpc) is 2.87. The molecule has 2 heterocycles. The number of nitrogens with one attached hydrogen (secondary N) is 1. The molecule has 2 aliphatic heterocycles. The Morgan fingerprint density at radius 3 is 2.50 bits per heavy atom. The lowest BCUT2D eigenvalue weighted by atomic mass is 9.75. The minimum Gasteiger partial charge on any atom is -0.493 e. The minimum atomic E-state index is -0.487. The summed E-state index contributed by atoms with van der Waals surface area (Å²) in [6, 6.07) is 11.1. The highest BCUT2D eigenvalue weighted by Gasteiger charge is 2.46. The lowest BCUT2D eigenvalue weighted by molar-refractivity contribution is -0.124. The molecule has 1 N–H and O–H groups in total. The van der Waals surface area contributed by atoms with Crippen molar-refractivity contribution in [2.45, 2.75) is 38.6 Å². The van der Waals surface area contributed by atoms with Crippen LogP contribution in [0.3, 0.4) is 0 Å². The molecular formula is C27H35N3O4. The van der Waals surface area contributed by atoms with Crippen molar-refractivity contribution in [3.63, 3.8) is 0 Å². The third kappa shape index (κ3) is 4.37. The zero-order valence-corrected chi connectivity index (χ0v) is 20.6. The Balaban J connectivity index is 1.69. The van der Waals surface area contributed by atoms with Gasteiger partial charge in [-0.05, 0) is 67.4 Å². The van der Waals surface area contributed by atoms with E-state index in [-0.39, 0.29) is 17.9 Å². The van der Waals surface area contributed by atoms with Gasteiger partial charge in [0, 0.05) is 18.7 Å². The molecule has 0 unspecified atom stereocenters. The van der Waals surface area contributed by atoms with Crippen LogP contribution in [0.25, 0.3) is 0 Å². The molecular weight excluding hydrogens is 430 g/mol. The Hall–Kier alpha value is -3.06. The number of hydrogen-bond acceptors (Lipinski definition) is 5. The molecule has 2 aromatic carbocycles. The number of hydrogen-bond donors (Lipinski definition) is 1. The number of methoxy groups -OCH3 is 2. The van der Waals surface area contributed by atoms with E-state index in [9.17, 15) is 9.59 Å². The summed E-state index contributed by atoms with van der Waals surface area (Å²) in [7, 11) is 3.22. The van der Waals surface area contributed by atoms with Crippen molar-refractivity contribution in [2.75, 3.05) is 46.9 Å². The molecule has 0 aliphatic carbocycles. The average molecular weight is 466 g/mol. The molecule has 2 amide bonds. The van der Waals surface area contributed by atoms with Crippen molar-refractivity contribution < 1.29 is 19.1 Å². The summed E-state index contributed by atoms with van der Waals surface area (Å²) in [4.78, 5) is 31.3. The molecule has 0 fully saturated rings. The van der Waals surface area contributed by atoms with Crippen LogP contribution in [-0.4, -0.2) is 68.6 Å². The fourth-order valence-electron chi connectivity index (χ4n) is 5.30. The maximum Gasteiger partial charge on any atom is 0.254 e. The summed E-state index contributed by atoms with van der Waals surface area (Å²) in [5, 5.41) is 3.17. The van der Waals surface area contributed by atoms with E-state index in [1.54, 1.807) is 14.2 Å². The minimum absolute atomic E-state index is 0.0216. The van der Waals surface area contributed by atoms with Crippen molar-refractivity contribution in [3.05, 3.63) is 58.7 Å². The summed E-state index contributed by atoms with van der Waals surface area (Å²) >= 11 is 0. The molecule has 2 atom stereocenters. The van der Waals surface area contributed by atoms with E-state index in [0.717, 1.165) is 42.7 Å². The first-order valence-corrected chi connectivity index (χ1v) is 12.2. The maximum absolute atomic E-state index is 13.7. The van der Waals surface area contributed by atoms with Gasteiger partial charge in [-0.1, -0.05) is 32.0 Å². The van der Waals surface area contributed by atoms with Crippen LogP contribution in [0.4, 0.5) is 0 Å². The van der Waals surface area contributed by atoms with Crippen LogP contribution >= 0.6 is 0 Å². The van der Waals surface area contributed by atoms with Gasteiger partial charge in [0.2, 0.25) is 5.91 Å². The van der Waals surface area contributed by atoms with Crippen LogP contribution in [0, 0.1) is 0 Å². The zero-order valence-electron chi connectivity index (χ0n) is 20.6. The molecule has 7 nitrogen and oxygen atoms in total. The van der Waals surface area contributed by atoms with Crippen LogP contribution < -0.4 is 14.8 Å². The molecule has 7 heteroatoms. The highest BCUT2D eigenvalue weighted by atomic mass is 16.5. The van der Waals surface area contributed by atoms with Gasteiger partial charge in [0.15, 0.2) is 11.5 Å². The monoisotopic (exact) mass is 465 g/mol. The van der Waals surface area contributed by atoms with E-state index >= 15 is 0 Å². The molecule has 0 bridgehead atoms. The Bertz CT molecular complexity index is 1050. The van der Waals surface area contributed by atoms with E-state index in [4.69, 9.17) is 9.47 Å². The molecule has 4 rings (SSSR count). The number of nitrogens with zero attached hydrogens (tertiary/aromatic N) is 2. The van der Waals surface area contributed by atoms with Crippen molar-refractivity contribution >= 4 is 11.8 Å². The van der Waals surface area contributed by atoms with Crippen molar-refractivity contribution in [2.24, 2.45) is 0 Å². The Kier molecular flexibility index (Phi) is 7.41. The number of ether oxygens (including phenoxy) is 2. The first kappa shape index (κ1) is 24.1. The van der Waals surface area contributed by atoms with Gasteiger partial charge in [-0.2, -0.15) is 0 Å². The number of carbonyl (C=O) groups is 2. The second-order valence-electron chi connectivity index (χ2n) is 8.84. The quantitative estimate of drug-likeness (QED) is 0.575. The molecule has 0 radical (unpaired) electrons. The predicted octanol–water partition coefficient (Wildman–Crippen LogP) is 3.39. The van der Waals surface area contributed by atoms with Crippen LogP contribution in [0.15, 0.2) is 36.4 Å². The van der Waals surface area contributed by atoms with E-state index in [1.807, 2.05) is 41.3 Å². The summed E-state index contributed by atoms with van der Waals surface area (Å²) in [5.74, 6) is 0.714. The summed E-state index contributed by atoms with van der Waals surface area (Å²) in [6.07, 6.45) is 1.59. The third-order valence-corrected chi connectivity index (χ3v) is 7.15. The first-order valence-electron chi connectivity index (χ1n) is 12.2. The van der Waals surface area contributed by atoms with E-state index in [2.05, 4.69) is 24.1 Å². The van der Waals surface area contributed by atoms with Gasteiger partial charge in [-0.15, -0.1) is 0 Å². The molecule has 0 saturated carbocycles. The molecule has 0 aromatic heterocycles. The number of carbonyl (C=O) groups excluding carboxylic acids is 2. The van der Waals surface area contributed by atoms with Crippen LogP contribution in [-0.2, 0) is 11.2 Å². The summed E-state index contributed by atoms with van der Waals surface area (Å²) in [6.45, 7) is 8.41. The second kappa shape index (κ2) is 10.5. The Morgan fingerprint density at radius 1 is 1.09 bits per heavy atom. The standard InChI is InChI=1S/C27H35N3O4/c1-5-29(6-2)14-9-13-28-26(31)24-19-10-7-8-11-20(19)27(32)30-15-12-18-16-22(33-3)23(34-4)17-21(18)25(24)30/h7-8,10-11,16-17,24-25H,5-6,9,12-15H2,1-4H3,(H,28,31)/t24-,25+/m0/s1. The van der Waals surface area contributed by atoms with Crippen LogP contribution in [0.2, 0.25) is 0 Å². The highest BCUT2D eigenvalue weighted by Crippen LogP contribution is 2.48. The SMILES string of the molecule is CCN(CC)CCCNC(=O)[C@H]1c2ccccc2C(=O)N2CCc3cc(OC)c(OC)cc3[C@H]12. The van der Waals surface area contributed by atoms with Gasteiger partial charge in [0.05, 0.1) is 26.2 Å². The number of fused-ring (bicyclic) bond motifs is 4. The van der Waals surface area contributed by atoms with Crippen molar-refractivity contribution in [1.29, 1.82) is 0 Å². The zero-order chi connectivity index (χ0) is 24.2. The van der Waals surface area contributed by atoms with E-state index in [1.165, 1.54) is 0 Å². The molecule has 0 spiro atoms. The lowest BCUT2D eigenvalue weighted by Gasteiger charge is -2.45. The van der Waals surface area contributed by atoms with Gasteiger partial charge in [0.25, 0.3) is 5.91 Å². The summed E-state index contributed by atoms with van der Waals surface area (Å²) < 4.78 is 11.1. The van der Waals surface area contributed by atoms with Gasteiger partial charge >= 0.3 is 0 Å². The van der Waals surface area contributed by atoms with Gasteiger partial charge in [-0.3, -0.25) is 9.59 Å². The largest absolute Gasteiger partial charge is 0.493 e. The number of rotatable bonds is 9. The Labute approximate surface area is 202 Å². The van der Waals surface area contributed by atoms with Gasteiger partial charge in [0.1, 0.15) is 0 Å². The smallest absolute Gasteiger partial charge is 0.254 e. The highest BCUT2D eigenvalue weighted by molar-refractivity contribution is 6.01.